The van der Waals surface area contributed by atoms with Crippen molar-refractivity contribution >= 4 is 23.1 Å². The summed E-state index contributed by atoms with van der Waals surface area (Å²) < 4.78 is 2.21. The molecule has 0 bridgehead atoms. The molecule has 0 aliphatic carbocycles. The van der Waals surface area contributed by atoms with Gasteiger partial charge in [-0.2, -0.15) is 0 Å². The minimum absolute atomic E-state index is 0.0173. The van der Waals surface area contributed by atoms with Crippen molar-refractivity contribution < 1.29 is 9.59 Å². The molecule has 5 heteroatoms. The van der Waals surface area contributed by atoms with Gasteiger partial charge in [0, 0.05) is 55.3 Å². The molecule has 1 aromatic heterocycles. The third kappa shape index (κ3) is 5.12. The van der Waals surface area contributed by atoms with E-state index < -0.39 is 0 Å². The van der Waals surface area contributed by atoms with E-state index in [4.69, 9.17) is 0 Å². The maximum atomic E-state index is 11.7. The van der Waals surface area contributed by atoms with Crippen molar-refractivity contribution in [3.63, 3.8) is 0 Å². The van der Waals surface area contributed by atoms with Gasteiger partial charge in [0.2, 0.25) is 0 Å². The normalized spacial score (nSPS) is 13.7. The van der Waals surface area contributed by atoms with Gasteiger partial charge in [-0.05, 0) is 44.3 Å². The van der Waals surface area contributed by atoms with Crippen LogP contribution in [0, 0.1) is 5.92 Å². The van der Waals surface area contributed by atoms with Crippen molar-refractivity contribution in [3.8, 4) is 0 Å². The highest BCUT2D eigenvalue weighted by atomic mass is 16.2. The maximum absolute atomic E-state index is 11.7. The van der Waals surface area contributed by atoms with Crippen LogP contribution in [-0.2, 0) is 18.3 Å². The molecule has 2 aromatic carbocycles. The summed E-state index contributed by atoms with van der Waals surface area (Å²) in [6.45, 7) is 2.24. The largest absolute Gasteiger partial charge is 0.350 e. The highest BCUT2D eigenvalue weighted by Gasteiger charge is 2.30. The van der Waals surface area contributed by atoms with Gasteiger partial charge >= 0.3 is 0 Å². The van der Waals surface area contributed by atoms with E-state index in [9.17, 15) is 9.59 Å². The second kappa shape index (κ2) is 9.52. The Balaban J connectivity index is 0.000000166. The van der Waals surface area contributed by atoms with E-state index in [1.165, 1.54) is 16.5 Å². The first kappa shape index (κ1) is 20.8. The van der Waals surface area contributed by atoms with Crippen LogP contribution in [0.25, 0.3) is 10.9 Å². The van der Waals surface area contributed by atoms with Crippen molar-refractivity contribution in [2.45, 2.75) is 6.42 Å². The van der Waals surface area contributed by atoms with Crippen molar-refractivity contribution in [1.29, 1.82) is 0 Å². The molecule has 4 rings (SSSR count). The minimum atomic E-state index is 0.0173. The van der Waals surface area contributed by atoms with E-state index >= 15 is 0 Å². The number of hydrogen-bond acceptors (Lipinski definition) is 3. The van der Waals surface area contributed by atoms with Crippen molar-refractivity contribution in [3.05, 3.63) is 71.9 Å². The van der Waals surface area contributed by atoms with Gasteiger partial charge in [-0.15, -0.1) is 0 Å². The standard InChI is InChI=1S/C13H18N2.C11H11NO2/c1-14(2)9-8-11-10-15(3)13-7-5-4-6-12(11)13;13-8-9-6-12(7-9)11(14)10-4-2-1-3-5-10/h4-7,10H,8-9H2,1-3H3;1-5,8-9H,6-7H2. The average molecular weight is 392 g/mol. The number of aldehydes is 1. The quantitative estimate of drug-likeness (QED) is 0.627. The minimum Gasteiger partial charge on any atom is -0.350 e. The molecule has 2 heterocycles. The molecular weight excluding hydrogens is 362 g/mol. The molecule has 3 aromatic rings. The molecule has 1 aliphatic rings. The predicted octanol–water partition coefficient (Wildman–Crippen LogP) is 3.24. The van der Waals surface area contributed by atoms with Gasteiger partial charge in [0.05, 0.1) is 0 Å². The number of rotatable bonds is 5. The fourth-order valence-corrected chi connectivity index (χ4v) is 3.50. The van der Waals surface area contributed by atoms with Crippen LogP contribution < -0.4 is 0 Å². The number of aromatic nitrogens is 1. The summed E-state index contributed by atoms with van der Waals surface area (Å²) in [6.07, 6.45) is 4.28. The second-order valence-electron chi connectivity index (χ2n) is 7.81. The van der Waals surface area contributed by atoms with Crippen LogP contribution in [0.3, 0.4) is 0 Å². The number of carbonyl (C=O) groups is 2. The van der Waals surface area contributed by atoms with Crippen molar-refractivity contribution in [1.82, 2.24) is 14.4 Å². The number of aryl methyl sites for hydroxylation is 1. The Kier molecular flexibility index (Phi) is 6.83. The molecule has 1 fully saturated rings. The Bertz CT molecular complexity index is 957. The first-order valence-corrected chi connectivity index (χ1v) is 9.97. The first-order valence-electron chi connectivity index (χ1n) is 9.97. The monoisotopic (exact) mass is 391 g/mol. The van der Waals surface area contributed by atoms with E-state index in [2.05, 4.69) is 61.1 Å². The topological polar surface area (TPSA) is 45.6 Å². The van der Waals surface area contributed by atoms with Crippen LogP contribution in [0.5, 0.6) is 0 Å². The number of likely N-dealkylation sites (N-methyl/N-ethyl adjacent to an activating group) is 1. The molecule has 5 nitrogen and oxygen atoms in total. The molecule has 0 atom stereocenters. The first-order chi connectivity index (χ1) is 14.0. The number of para-hydroxylation sites is 1. The average Bonchev–Trinajstić information content (AvgIpc) is 3.03. The molecule has 1 amide bonds. The van der Waals surface area contributed by atoms with E-state index in [-0.39, 0.29) is 11.8 Å². The summed E-state index contributed by atoms with van der Waals surface area (Å²) in [7, 11) is 6.34. The summed E-state index contributed by atoms with van der Waals surface area (Å²) in [5.74, 6) is 0.0614. The summed E-state index contributed by atoms with van der Waals surface area (Å²) in [5.41, 5.74) is 3.46. The van der Waals surface area contributed by atoms with Gasteiger partial charge in [0.15, 0.2) is 0 Å². The van der Waals surface area contributed by atoms with Gasteiger partial charge in [0.1, 0.15) is 6.29 Å². The molecule has 152 valence electrons. The lowest BCUT2D eigenvalue weighted by Crippen LogP contribution is -2.50. The van der Waals surface area contributed by atoms with Crippen LogP contribution >= 0.6 is 0 Å². The number of benzene rings is 2. The number of carbonyl (C=O) groups excluding carboxylic acids is 2. The molecule has 0 unspecified atom stereocenters. The fourth-order valence-electron chi connectivity index (χ4n) is 3.50. The SMILES string of the molecule is CN(C)CCc1cn(C)c2ccccc12.O=CC1CN(C(=O)c2ccccc2)C1. The summed E-state index contributed by atoms with van der Waals surface area (Å²) in [5, 5.41) is 1.39. The molecular formula is C24H29N3O2. The second-order valence-corrected chi connectivity index (χ2v) is 7.81. The third-order valence-corrected chi connectivity index (χ3v) is 5.22. The molecule has 0 N–H and O–H groups in total. The highest BCUT2D eigenvalue weighted by Crippen LogP contribution is 2.20. The molecule has 0 spiro atoms. The predicted molar refractivity (Wildman–Crippen MR) is 117 cm³/mol. The Morgan fingerprint density at radius 2 is 1.72 bits per heavy atom. The van der Waals surface area contributed by atoms with Crippen LogP contribution in [0.2, 0.25) is 0 Å². The Labute approximate surface area is 172 Å². The zero-order valence-corrected chi connectivity index (χ0v) is 17.4. The zero-order valence-electron chi connectivity index (χ0n) is 17.4. The lowest BCUT2D eigenvalue weighted by Gasteiger charge is -2.36. The lowest BCUT2D eigenvalue weighted by molar-refractivity contribution is -0.114. The van der Waals surface area contributed by atoms with E-state index in [0.29, 0.717) is 18.7 Å². The Morgan fingerprint density at radius 3 is 2.38 bits per heavy atom. The molecule has 1 aliphatic heterocycles. The number of nitrogens with zero attached hydrogens (tertiary/aromatic N) is 3. The van der Waals surface area contributed by atoms with Crippen LogP contribution in [0.1, 0.15) is 15.9 Å². The maximum Gasteiger partial charge on any atom is 0.253 e. The Morgan fingerprint density at radius 1 is 1.07 bits per heavy atom. The van der Waals surface area contributed by atoms with Crippen molar-refractivity contribution in [2.24, 2.45) is 13.0 Å². The Hall–Kier alpha value is -2.92. The van der Waals surface area contributed by atoms with E-state index in [1.54, 1.807) is 17.0 Å². The van der Waals surface area contributed by atoms with E-state index in [0.717, 1.165) is 19.3 Å². The molecule has 29 heavy (non-hydrogen) atoms. The fraction of sp³-hybridized carbons (Fsp3) is 0.333. The smallest absolute Gasteiger partial charge is 0.253 e. The van der Waals surface area contributed by atoms with Gasteiger partial charge in [0.25, 0.3) is 5.91 Å². The zero-order chi connectivity index (χ0) is 20.8. The summed E-state index contributed by atoms with van der Waals surface area (Å²) in [4.78, 5) is 26.0. The summed E-state index contributed by atoms with van der Waals surface area (Å²) >= 11 is 0. The number of amides is 1. The van der Waals surface area contributed by atoms with Gasteiger partial charge < -0.3 is 19.2 Å². The van der Waals surface area contributed by atoms with Gasteiger partial charge in [-0.3, -0.25) is 4.79 Å². The van der Waals surface area contributed by atoms with Crippen LogP contribution in [-0.4, -0.2) is 60.3 Å². The highest BCUT2D eigenvalue weighted by molar-refractivity contribution is 5.95. The van der Waals surface area contributed by atoms with Gasteiger partial charge in [-0.25, -0.2) is 0 Å². The molecule has 0 radical (unpaired) electrons. The summed E-state index contributed by atoms with van der Waals surface area (Å²) in [6, 6.07) is 17.7. The number of hydrogen-bond donors (Lipinski definition) is 0. The van der Waals surface area contributed by atoms with E-state index in [1.807, 2.05) is 18.2 Å². The third-order valence-electron chi connectivity index (χ3n) is 5.22. The molecule has 0 saturated carbocycles. The van der Waals surface area contributed by atoms with Gasteiger partial charge in [-0.1, -0.05) is 36.4 Å². The van der Waals surface area contributed by atoms with Crippen LogP contribution in [0.15, 0.2) is 60.8 Å². The number of likely N-dealkylation sites (tertiary alicyclic amines) is 1. The lowest BCUT2D eigenvalue weighted by atomic mass is 10.0. The van der Waals surface area contributed by atoms with Crippen molar-refractivity contribution in [2.75, 3.05) is 33.7 Å². The molecule has 1 saturated heterocycles. The van der Waals surface area contributed by atoms with Crippen LogP contribution in [0.4, 0.5) is 0 Å². The number of fused-ring (bicyclic) bond motifs is 1.